The summed E-state index contributed by atoms with van der Waals surface area (Å²) in [5.74, 6) is 1.89. The van der Waals surface area contributed by atoms with E-state index in [-0.39, 0.29) is 0 Å². The van der Waals surface area contributed by atoms with Crippen molar-refractivity contribution in [1.29, 1.82) is 0 Å². The standard InChI is InChI=1S/C14H14BrN3/c1-2-13-16-12(15)7-14(17-13)18-8-10-5-3-4-6-11(10)9-18/h3-7H,2,8-9H2,1H3. The molecule has 92 valence electrons. The second kappa shape index (κ2) is 4.69. The highest BCUT2D eigenvalue weighted by Crippen LogP contribution is 2.27. The summed E-state index contributed by atoms with van der Waals surface area (Å²) in [4.78, 5) is 11.2. The summed E-state index contributed by atoms with van der Waals surface area (Å²) in [6.45, 7) is 3.94. The van der Waals surface area contributed by atoms with Gasteiger partial charge >= 0.3 is 0 Å². The number of hydrogen-bond donors (Lipinski definition) is 0. The lowest BCUT2D eigenvalue weighted by Crippen LogP contribution is -2.17. The molecule has 3 nitrogen and oxygen atoms in total. The van der Waals surface area contributed by atoms with E-state index in [4.69, 9.17) is 0 Å². The van der Waals surface area contributed by atoms with Crippen LogP contribution in [0.3, 0.4) is 0 Å². The Labute approximate surface area is 115 Å². The number of aryl methyl sites for hydroxylation is 1. The molecule has 0 unspecified atom stereocenters. The smallest absolute Gasteiger partial charge is 0.134 e. The van der Waals surface area contributed by atoms with Crippen molar-refractivity contribution in [2.45, 2.75) is 26.4 Å². The van der Waals surface area contributed by atoms with Crippen LogP contribution in [0.2, 0.25) is 0 Å². The Morgan fingerprint density at radius 2 is 1.83 bits per heavy atom. The quantitative estimate of drug-likeness (QED) is 0.797. The van der Waals surface area contributed by atoms with Crippen LogP contribution < -0.4 is 4.90 Å². The fourth-order valence-corrected chi connectivity index (χ4v) is 2.68. The van der Waals surface area contributed by atoms with Crippen molar-refractivity contribution < 1.29 is 0 Å². The van der Waals surface area contributed by atoms with Gasteiger partial charge in [0, 0.05) is 25.6 Å². The van der Waals surface area contributed by atoms with E-state index < -0.39 is 0 Å². The average Bonchev–Trinajstić information content (AvgIpc) is 2.81. The lowest BCUT2D eigenvalue weighted by atomic mass is 10.1. The van der Waals surface area contributed by atoms with Crippen molar-refractivity contribution in [2.75, 3.05) is 4.90 Å². The summed E-state index contributed by atoms with van der Waals surface area (Å²) in [6.07, 6.45) is 0.854. The number of hydrogen-bond acceptors (Lipinski definition) is 3. The summed E-state index contributed by atoms with van der Waals surface area (Å²) >= 11 is 3.46. The molecule has 1 aromatic heterocycles. The third kappa shape index (κ3) is 2.12. The lowest BCUT2D eigenvalue weighted by Gasteiger charge is -2.17. The Hall–Kier alpha value is -1.42. The van der Waals surface area contributed by atoms with Gasteiger partial charge in [0.1, 0.15) is 16.2 Å². The molecule has 1 aliphatic heterocycles. The van der Waals surface area contributed by atoms with Crippen LogP contribution in [0, 0.1) is 0 Å². The molecular weight excluding hydrogens is 290 g/mol. The van der Waals surface area contributed by atoms with Crippen LogP contribution in [-0.4, -0.2) is 9.97 Å². The molecule has 4 heteroatoms. The number of fused-ring (bicyclic) bond motifs is 1. The maximum Gasteiger partial charge on any atom is 0.134 e. The normalized spacial score (nSPS) is 13.8. The number of rotatable bonds is 2. The van der Waals surface area contributed by atoms with Crippen LogP contribution in [0.5, 0.6) is 0 Å². The fraction of sp³-hybridized carbons (Fsp3) is 0.286. The molecule has 0 spiro atoms. The van der Waals surface area contributed by atoms with Crippen LogP contribution in [0.1, 0.15) is 23.9 Å². The molecule has 2 heterocycles. The van der Waals surface area contributed by atoms with Gasteiger partial charge in [-0.3, -0.25) is 0 Å². The predicted octanol–water partition coefficient (Wildman–Crippen LogP) is 3.32. The molecule has 0 saturated heterocycles. The van der Waals surface area contributed by atoms with Gasteiger partial charge in [-0.2, -0.15) is 0 Å². The number of halogens is 1. The van der Waals surface area contributed by atoms with Crippen molar-refractivity contribution in [3.63, 3.8) is 0 Å². The number of aromatic nitrogens is 2. The zero-order valence-electron chi connectivity index (χ0n) is 10.2. The second-order valence-electron chi connectivity index (χ2n) is 4.44. The number of anilines is 1. The molecule has 0 radical (unpaired) electrons. The summed E-state index contributed by atoms with van der Waals surface area (Å²) in [6, 6.07) is 10.6. The third-order valence-electron chi connectivity index (χ3n) is 3.21. The van der Waals surface area contributed by atoms with Crippen molar-refractivity contribution in [3.8, 4) is 0 Å². The highest BCUT2D eigenvalue weighted by molar-refractivity contribution is 9.10. The molecule has 0 N–H and O–H groups in total. The minimum atomic E-state index is 0.854. The summed E-state index contributed by atoms with van der Waals surface area (Å²) in [5, 5.41) is 0. The Kier molecular flexibility index (Phi) is 3.04. The Morgan fingerprint density at radius 1 is 1.17 bits per heavy atom. The van der Waals surface area contributed by atoms with E-state index in [1.165, 1.54) is 11.1 Å². The van der Waals surface area contributed by atoms with E-state index in [1.807, 2.05) is 6.07 Å². The van der Waals surface area contributed by atoms with Gasteiger partial charge in [0.2, 0.25) is 0 Å². The molecular formula is C14H14BrN3. The maximum atomic E-state index is 4.60. The summed E-state index contributed by atoms with van der Waals surface area (Å²) in [7, 11) is 0. The van der Waals surface area contributed by atoms with Crippen molar-refractivity contribution in [1.82, 2.24) is 9.97 Å². The van der Waals surface area contributed by atoms with Crippen molar-refractivity contribution in [2.24, 2.45) is 0 Å². The molecule has 1 aromatic carbocycles. The minimum absolute atomic E-state index is 0.854. The largest absolute Gasteiger partial charge is 0.348 e. The average molecular weight is 304 g/mol. The van der Waals surface area contributed by atoms with Gasteiger partial charge in [0.15, 0.2) is 0 Å². The first kappa shape index (κ1) is 11.7. The SMILES string of the molecule is CCc1nc(Br)cc(N2Cc3ccccc3C2)n1. The van der Waals surface area contributed by atoms with Gasteiger partial charge < -0.3 is 4.90 Å². The highest BCUT2D eigenvalue weighted by Gasteiger charge is 2.20. The molecule has 0 fully saturated rings. The van der Waals surface area contributed by atoms with Gasteiger partial charge in [-0.25, -0.2) is 9.97 Å². The predicted molar refractivity (Wildman–Crippen MR) is 75.4 cm³/mol. The van der Waals surface area contributed by atoms with E-state index in [9.17, 15) is 0 Å². The van der Waals surface area contributed by atoms with Crippen molar-refractivity contribution >= 4 is 21.7 Å². The Bertz CT molecular complexity index is 558. The molecule has 0 aliphatic carbocycles. The molecule has 18 heavy (non-hydrogen) atoms. The molecule has 0 atom stereocenters. The van der Waals surface area contributed by atoms with Gasteiger partial charge in [-0.1, -0.05) is 31.2 Å². The van der Waals surface area contributed by atoms with Crippen LogP contribution >= 0.6 is 15.9 Å². The molecule has 3 rings (SSSR count). The molecule has 0 bridgehead atoms. The number of benzene rings is 1. The molecule has 0 saturated carbocycles. The lowest BCUT2D eigenvalue weighted by molar-refractivity contribution is 0.825. The van der Waals surface area contributed by atoms with Gasteiger partial charge in [0.05, 0.1) is 0 Å². The van der Waals surface area contributed by atoms with Gasteiger partial charge in [-0.15, -0.1) is 0 Å². The van der Waals surface area contributed by atoms with E-state index in [2.05, 4.69) is 62.0 Å². The first-order valence-electron chi connectivity index (χ1n) is 6.11. The zero-order chi connectivity index (χ0) is 12.5. The zero-order valence-corrected chi connectivity index (χ0v) is 11.8. The van der Waals surface area contributed by atoms with Crippen molar-refractivity contribution in [3.05, 3.63) is 51.9 Å². The van der Waals surface area contributed by atoms with Crippen LogP contribution in [0.15, 0.2) is 34.9 Å². The Morgan fingerprint density at radius 3 is 2.44 bits per heavy atom. The fourth-order valence-electron chi connectivity index (χ4n) is 2.27. The Balaban J connectivity index is 1.92. The van der Waals surface area contributed by atoms with E-state index in [1.54, 1.807) is 0 Å². The monoisotopic (exact) mass is 303 g/mol. The topological polar surface area (TPSA) is 29.0 Å². The van der Waals surface area contributed by atoms with Crippen LogP contribution in [0.25, 0.3) is 0 Å². The van der Waals surface area contributed by atoms with E-state index >= 15 is 0 Å². The highest BCUT2D eigenvalue weighted by atomic mass is 79.9. The van der Waals surface area contributed by atoms with Gasteiger partial charge in [0.25, 0.3) is 0 Å². The first-order valence-corrected chi connectivity index (χ1v) is 6.90. The van der Waals surface area contributed by atoms with Crippen LogP contribution in [-0.2, 0) is 19.5 Å². The number of nitrogens with zero attached hydrogens (tertiary/aromatic N) is 3. The minimum Gasteiger partial charge on any atom is -0.348 e. The molecule has 1 aliphatic rings. The van der Waals surface area contributed by atoms with E-state index in [0.717, 1.165) is 35.8 Å². The molecule has 0 amide bonds. The first-order chi connectivity index (χ1) is 8.76. The van der Waals surface area contributed by atoms with Crippen LogP contribution in [0.4, 0.5) is 5.82 Å². The molecule has 2 aromatic rings. The maximum absolute atomic E-state index is 4.60. The summed E-state index contributed by atoms with van der Waals surface area (Å²) < 4.78 is 0.861. The van der Waals surface area contributed by atoms with Gasteiger partial charge in [-0.05, 0) is 27.1 Å². The summed E-state index contributed by atoms with van der Waals surface area (Å²) in [5.41, 5.74) is 2.79. The third-order valence-corrected chi connectivity index (χ3v) is 3.61. The second-order valence-corrected chi connectivity index (χ2v) is 5.26. The van der Waals surface area contributed by atoms with E-state index in [0.29, 0.717) is 0 Å².